The summed E-state index contributed by atoms with van der Waals surface area (Å²) in [6.07, 6.45) is -1.54. The molecule has 4 unspecified atom stereocenters. The summed E-state index contributed by atoms with van der Waals surface area (Å²) in [5.74, 6) is -3.60. The molecule has 0 aromatic heterocycles. The zero-order chi connectivity index (χ0) is 20.3. The lowest BCUT2D eigenvalue weighted by Gasteiger charge is -2.19. The molecule has 150 valence electrons. The highest BCUT2D eigenvalue weighted by molar-refractivity contribution is 7.80. The lowest BCUT2D eigenvalue weighted by molar-refractivity contribution is -0.141. The van der Waals surface area contributed by atoms with Gasteiger partial charge in [0.1, 0.15) is 12.1 Å². The average Bonchev–Trinajstić information content (AvgIpc) is 2.59. The van der Waals surface area contributed by atoms with Gasteiger partial charge in [-0.25, -0.2) is 0 Å². The molecule has 10 nitrogen and oxygen atoms in total. The van der Waals surface area contributed by atoms with Gasteiger partial charge in [0, 0.05) is 24.6 Å². The molecular weight excluding hydrogens is 384 g/mol. The van der Waals surface area contributed by atoms with Gasteiger partial charge in [-0.1, -0.05) is 0 Å². The molecule has 0 saturated carbocycles. The second-order valence-corrected chi connectivity index (χ2v) is 6.34. The van der Waals surface area contributed by atoms with E-state index in [0.717, 1.165) is 0 Å². The van der Waals surface area contributed by atoms with Gasteiger partial charge in [-0.3, -0.25) is 19.2 Å². The molecule has 4 atom stereocenters. The van der Waals surface area contributed by atoms with E-state index in [9.17, 15) is 19.2 Å². The number of thiol groups is 2. The third-order valence-corrected chi connectivity index (χ3v) is 3.69. The Hall–Kier alpha value is -1.50. The molecule has 0 aliphatic heterocycles. The number of nitrogens with one attached hydrogen (secondary N) is 4. The monoisotopic (exact) mass is 410 g/mol. The average molecular weight is 411 g/mol. The molecule has 26 heavy (non-hydrogen) atoms. The number of amides is 4. The normalized spacial score (nSPS) is 15.2. The van der Waals surface area contributed by atoms with Gasteiger partial charge in [0.2, 0.25) is 11.8 Å². The van der Waals surface area contributed by atoms with Crippen LogP contribution in [0.4, 0.5) is 0 Å². The predicted octanol–water partition coefficient (Wildman–Crippen LogP) is -3.19. The fourth-order valence-electron chi connectivity index (χ4n) is 1.58. The first-order valence-electron chi connectivity index (χ1n) is 7.86. The van der Waals surface area contributed by atoms with Crippen LogP contribution in [0.2, 0.25) is 0 Å². The first-order chi connectivity index (χ1) is 12.1. The highest BCUT2D eigenvalue weighted by Gasteiger charge is 2.26. The maximum Gasteiger partial charge on any atom is 0.310 e. The van der Waals surface area contributed by atoms with Gasteiger partial charge in [-0.15, -0.1) is 0 Å². The van der Waals surface area contributed by atoms with Crippen molar-refractivity contribution in [3.05, 3.63) is 0 Å². The van der Waals surface area contributed by atoms with E-state index in [1.807, 2.05) is 0 Å². The number of aliphatic hydroxyl groups excluding tert-OH is 2. The van der Waals surface area contributed by atoms with Crippen molar-refractivity contribution in [1.29, 1.82) is 0 Å². The Morgan fingerprint density at radius 3 is 1.31 bits per heavy atom. The van der Waals surface area contributed by atoms with Gasteiger partial charge in [0.15, 0.2) is 0 Å². The predicted molar refractivity (Wildman–Crippen MR) is 101 cm³/mol. The highest BCUT2D eigenvalue weighted by atomic mass is 32.1. The van der Waals surface area contributed by atoms with E-state index in [4.69, 9.17) is 10.2 Å². The Balaban J connectivity index is 4.64. The van der Waals surface area contributed by atoms with Crippen molar-refractivity contribution in [1.82, 2.24) is 21.3 Å². The van der Waals surface area contributed by atoms with Crippen LogP contribution in [0.15, 0.2) is 0 Å². The van der Waals surface area contributed by atoms with E-state index in [-0.39, 0.29) is 24.6 Å². The van der Waals surface area contributed by atoms with Crippen LogP contribution in [0, 0.1) is 0 Å². The summed E-state index contributed by atoms with van der Waals surface area (Å²) in [6, 6.07) is -2.18. The zero-order valence-corrected chi connectivity index (χ0v) is 16.3. The molecule has 12 heteroatoms. The van der Waals surface area contributed by atoms with Gasteiger partial charge < -0.3 is 31.5 Å². The lowest BCUT2D eigenvalue weighted by atomic mass is 10.2. The lowest BCUT2D eigenvalue weighted by Crippen LogP contribution is -2.56. The molecule has 6 N–H and O–H groups in total. The largest absolute Gasteiger partial charge is 0.392 e. The van der Waals surface area contributed by atoms with E-state index in [1.54, 1.807) is 0 Å². The summed E-state index contributed by atoms with van der Waals surface area (Å²) in [4.78, 5) is 47.5. The van der Waals surface area contributed by atoms with Crippen LogP contribution in [0.5, 0.6) is 0 Å². The Bertz CT molecular complexity index is 460. The quantitative estimate of drug-likeness (QED) is 0.140. The molecule has 4 amide bonds. The van der Waals surface area contributed by atoms with Crippen LogP contribution in [-0.2, 0) is 19.2 Å². The summed E-state index contributed by atoms with van der Waals surface area (Å²) >= 11 is 7.88. The number of carbonyl (C=O) groups excluding carboxylic acids is 4. The minimum absolute atomic E-state index is 0.0175. The molecule has 0 spiro atoms. The molecule has 0 aliphatic carbocycles. The van der Waals surface area contributed by atoms with Gasteiger partial charge in [0.05, 0.1) is 12.2 Å². The van der Waals surface area contributed by atoms with Crippen LogP contribution < -0.4 is 21.3 Å². The smallest absolute Gasteiger partial charge is 0.310 e. The number of aliphatic hydroxyl groups is 2. The van der Waals surface area contributed by atoms with Crippen molar-refractivity contribution < 1.29 is 29.4 Å². The minimum Gasteiger partial charge on any atom is -0.392 e. The van der Waals surface area contributed by atoms with E-state index >= 15 is 0 Å². The third-order valence-electron chi connectivity index (χ3n) is 2.96. The van der Waals surface area contributed by atoms with Crippen molar-refractivity contribution in [3.8, 4) is 0 Å². The SMILES string of the molecule is CC(O)CNC(=O)C(CS)NC(=O)C(=O)NC(CS)C(=O)NCC(C)O. The molecule has 0 radical (unpaired) electrons. The van der Waals surface area contributed by atoms with Gasteiger partial charge in [0.25, 0.3) is 0 Å². The van der Waals surface area contributed by atoms with E-state index in [2.05, 4.69) is 46.5 Å². The Labute approximate surface area is 162 Å². The van der Waals surface area contributed by atoms with Crippen molar-refractivity contribution in [2.24, 2.45) is 0 Å². The number of carbonyl (C=O) groups is 4. The standard InChI is InChI=1S/C14H26N4O6S2/c1-7(19)3-15-11(21)9(5-25)17-13(23)14(24)18-10(6-26)12(22)16-4-8(2)20/h7-10,19-20,25-26H,3-6H2,1-2H3,(H,15,21)(H,16,22)(H,17,23)(H,18,24). The Morgan fingerprint density at radius 1 is 0.769 bits per heavy atom. The molecule has 0 saturated heterocycles. The van der Waals surface area contributed by atoms with Crippen molar-refractivity contribution >= 4 is 48.9 Å². The van der Waals surface area contributed by atoms with E-state index < -0.39 is 47.9 Å². The number of hydrogen-bond donors (Lipinski definition) is 8. The molecule has 0 fully saturated rings. The van der Waals surface area contributed by atoms with E-state index in [1.165, 1.54) is 13.8 Å². The third kappa shape index (κ3) is 9.85. The maximum absolute atomic E-state index is 11.9. The summed E-state index contributed by atoms with van der Waals surface area (Å²) in [5, 5.41) is 27.4. The first kappa shape index (κ1) is 24.5. The van der Waals surface area contributed by atoms with Crippen LogP contribution >= 0.6 is 25.3 Å². The molecule has 0 rings (SSSR count). The van der Waals surface area contributed by atoms with Crippen LogP contribution in [0.3, 0.4) is 0 Å². The second kappa shape index (κ2) is 12.8. The van der Waals surface area contributed by atoms with Crippen molar-refractivity contribution in [2.45, 2.75) is 38.1 Å². The fraction of sp³-hybridized carbons (Fsp3) is 0.714. The molecule has 0 aromatic carbocycles. The number of hydrogen-bond acceptors (Lipinski definition) is 8. The van der Waals surface area contributed by atoms with Gasteiger partial charge >= 0.3 is 11.8 Å². The Kier molecular flexibility index (Phi) is 12.1. The van der Waals surface area contributed by atoms with Crippen molar-refractivity contribution in [3.63, 3.8) is 0 Å². The fourth-order valence-corrected chi connectivity index (χ4v) is 2.09. The van der Waals surface area contributed by atoms with Gasteiger partial charge in [-0.2, -0.15) is 25.3 Å². The van der Waals surface area contributed by atoms with Crippen LogP contribution in [0.1, 0.15) is 13.8 Å². The number of rotatable bonds is 10. The van der Waals surface area contributed by atoms with Crippen LogP contribution in [-0.4, -0.2) is 82.7 Å². The zero-order valence-electron chi connectivity index (χ0n) is 14.6. The first-order valence-corrected chi connectivity index (χ1v) is 9.13. The summed E-state index contributed by atoms with van der Waals surface area (Å²) in [5.41, 5.74) is 0. The molecule has 0 aromatic rings. The van der Waals surface area contributed by atoms with Gasteiger partial charge in [-0.05, 0) is 13.8 Å². The highest BCUT2D eigenvalue weighted by Crippen LogP contribution is 1.93. The Morgan fingerprint density at radius 2 is 1.08 bits per heavy atom. The summed E-state index contributed by atoms with van der Waals surface area (Å²) in [7, 11) is 0. The minimum atomic E-state index is -1.12. The topological polar surface area (TPSA) is 157 Å². The van der Waals surface area contributed by atoms with Crippen molar-refractivity contribution in [2.75, 3.05) is 24.6 Å². The summed E-state index contributed by atoms with van der Waals surface area (Å²) < 4.78 is 0. The second-order valence-electron chi connectivity index (χ2n) is 5.61. The van der Waals surface area contributed by atoms with Crippen LogP contribution in [0.25, 0.3) is 0 Å². The maximum atomic E-state index is 11.9. The molecule has 0 heterocycles. The molecule has 0 bridgehead atoms. The summed E-state index contributed by atoms with van der Waals surface area (Å²) in [6.45, 7) is 2.91. The molecular formula is C14H26N4O6S2. The van der Waals surface area contributed by atoms with E-state index in [0.29, 0.717) is 0 Å². The molecule has 0 aliphatic rings.